The highest BCUT2D eigenvalue weighted by molar-refractivity contribution is 7.80. The first kappa shape index (κ1) is 22.2. The third-order valence-electron chi connectivity index (χ3n) is 5.17. The van der Waals surface area contributed by atoms with E-state index in [1.807, 2.05) is 30.3 Å². The number of carbonyl (C=O) groups excluding carboxylic acids is 1. The van der Waals surface area contributed by atoms with Gasteiger partial charge in [-0.15, -0.1) is 0 Å². The van der Waals surface area contributed by atoms with Crippen LogP contribution in [0.25, 0.3) is 0 Å². The summed E-state index contributed by atoms with van der Waals surface area (Å²) in [5.74, 6) is 0.0726. The highest BCUT2D eigenvalue weighted by Crippen LogP contribution is 2.42. The molecular formula is C22H23N3O5S. The van der Waals surface area contributed by atoms with Crippen molar-refractivity contribution < 1.29 is 19.2 Å². The van der Waals surface area contributed by atoms with E-state index in [4.69, 9.17) is 21.7 Å². The number of ether oxygens (including phenoxy) is 2. The number of allylic oxidation sites excluding steroid dienone is 1. The number of hydrogen-bond acceptors (Lipinski definition) is 6. The smallest absolute Gasteiger partial charge is 0.315 e. The fraction of sp³-hybridized carbons (Fsp3) is 0.273. The Morgan fingerprint density at radius 1 is 1.29 bits per heavy atom. The van der Waals surface area contributed by atoms with Gasteiger partial charge in [-0.2, -0.15) is 0 Å². The first-order chi connectivity index (χ1) is 14.7. The second-order valence-electron chi connectivity index (χ2n) is 7.10. The fourth-order valence-electron chi connectivity index (χ4n) is 3.48. The standard InChI is InChI=1S/C22H23N3O5S/c1-13-19(14(2)26)20(23-22(31)24(13)3)16-10-17(25(27)28)21(18(11-16)29-4)30-12-15-8-6-5-7-9-15/h5-11,20H,12H2,1-4H3,(H,23,31). The van der Waals surface area contributed by atoms with Crippen molar-refractivity contribution in [3.8, 4) is 11.5 Å². The monoisotopic (exact) mass is 441 g/mol. The van der Waals surface area contributed by atoms with Gasteiger partial charge in [0.1, 0.15) is 6.61 Å². The SMILES string of the molecule is COc1cc(C2NC(=S)N(C)C(C)=C2C(C)=O)cc([N+](=O)[O-])c1OCc1ccccc1. The molecule has 9 heteroatoms. The number of rotatable bonds is 7. The second-order valence-corrected chi connectivity index (χ2v) is 7.49. The molecule has 0 amide bonds. The number of carbonyl (C=O) groups is 1. The number of Topliss-reactive ketones (excluding diaryl/α,β-unsaturated/α-hetero) is 1. The van der Waals surface area contributed by atoms with Crippen molar-refractivity contribution in [1.82, 2.24) is 10.2 Å². The number of ketones is 1. The minimum absolute atomic E-state index is 0.0284. The molecule has 2 aromatic carbocycles. The van der Waals surface area contributed by atoms with Crippen molar-refractivity contribution in [1.29, 1.82) is 0 Å². The van der Waals surface area contributed by atoms with Gasteiger partial charge >= 0.3 is 5.69 Å². The van der Waals surface area contributed by atoms with Crippen molar-refractivity contribution in [2.45, 2.75) is 26.5 Å². The van der Waals surface area contributed by atoms with Crippen LogP contribution in [0.2, 0.25) is 0 Å². The second kappa shape index (κ2) is 9.13. The normalized spacial score (nSPS) is 16.1. The topological polar surface area (TPSA) is 93.9 Å². The molecule has 0 saturated heterocycles. The van der Waals surface area contributed by atoms with E-state index >= 15 is 0 Å². The molecule has 2 aromatic rings. The zero-order valence-electron chi connectivity index (χ0n) is 17.7. The van der Waals surface area contributed by atoms with Crippen molar-refractivity contribution in [2.75, 3.05) is 14.2 Å². The first-order valence-corrected chi connectivity index (χ1v) is 9.94. The molecule has 0 spiro atoms. The summed E-state index contributed by atoms with van der Waals surface area (Å²) < 4.78 is 11.2. The lowest BCUT2D eigenvalue weighted by Gasteiger charge is -2.35. The molecule has 3 rings (SSSR count). The average Bonchev–Trinajstić information content (AvgIpc) is 2.75. The van der Waals surface area contributed by atoms with Gasteiger partial charge in [0, 0.05) is 24.4 Å². The van der Waals surface area contributed by atoms with Gasteiger partial charge in [-0.25, -0.2) is 0 Å². The van der Waals surface area contributed by atoms with Gasteiger partial charge in [-0.05, 0) is 43.3 Å². The van der Waals surface area contributed by atoms with Crippen LogP contribution in [0.5, 0.6) is 11.5 Å². The predicted octanol–water partition coefficient (Wildman–Crippen LogP) is 3.91. The lowest BCUT2D eigenvalue weighted by molar-refractivity contribution is -0.386. The van der Waals surface area contributed by atoms with Gasteiger partial charge in [-0.3, -0.25) is 14.9 Å². The number of nitrogens with one attached hydrogen (secondary N) is 1. The molecular weight excluding hydrogens is 418 g/mol. The molecule has 31 heavy (non-hydrogen) atoms. The number of nitro benzene ring substituents is 1. The van der Waals surface area contributed by atoms with E-state index in [9.17, 15) is 14.9 Å². The van der Waals surface area contributed by atoms with Crippen molar-refractivity contribution in [3.05, 3.63) is 75.0 Å². The summed E-state index contributed by atoms with van der Waals surface area (Å²) in [4.78, 5) is 25.4. The Morgan fingerprint density at radius 3 is 2.55 bits per heavy atom. The quantitative estimate of drug-likeness (QED) is 0.393. The van der Waals surface area contributed by atoms with E-state index in [1.165, 1.54) is 20.1 Å². The third kappa shape index (κ3) is 4.51. The molecule has 0 radical (unpaired) electrons. The number of nitro groups is 1. The van der Waals surface area contributed by atoms with E-state index in [0.717, 1.165) is 5.56 Å². The van der Waals surface area contributed by atoms with Crippen LogP contribution in [0.1, 0.15) is 31.0 Å². The molecule has 0 saturated carbocycles. The van der Waals surface area contributed by atoms with Gasteiger partial charge in [0.2, 0.25) is 5.75 Å². The van der Waals surface area contributed by atoms with E-state index < -0.39 is 11.0 Å². The molecule has 162 valence electrons. The van der Waals surface area contributed by atoms with Crippen molar-refractivity contribution in [3.63, 3.8) is 0 Å². The van der Waals surface area contributed by atoms with Crippen LogP contribution in [0.15, 0.2) is 53.7 Å². The van der Waals surface area contributed by atoms with Crippen LogP contribution in [0.3, 0.4) is 0 Å². The van der Waals surface area contributed by atoms with Crippen molar-refractivity contribution in [2.24, 2.45) is 0 Å². The molecule has 1 atom stereocenters. The molecule has 1 unspecified atom stereocenters. The minimum atomic E-state index is -0.642. The number of thiocarbonyl (C=S) groups is 1. The van der Waals surface area contributed by atoms with Crippen LogP contribution in [-0.4, -0.2) is 34.9 Å². The Kier molecular flexibility index (Phi) is 6.55. The lowest BCUT2D eigenvalue weighted by Crippen LogP contribution is -2.45. The number of hydrogen-bond donors (Lipinski definition) is 1. The molecule has 1 heterocycles. The maximum absolute atomic E-state index is 12.4. The van der Waals surface area contributed by atoms with E-state index in [1.54, 1.807) is 24.9 Å². The van der Waals surface area contributed by atoms with Crippen molar-refractivity contribution >= 4 is 28.8 Å². The van der Waals surface area contributed by atoms with Gasteiger partial charge in [0.25, 0.3) is 0 Å². The molecule has 0 aromatic heterocycles. The summed E-state index contributed by atoms with van der Waals surface area (Å²) in [7, 11) is 3.17. The number of nitrogens with zero attached hydrogens (tertiary/aromatic N) is 2. The van der Waals surface area contributed by atoms with Gasteiger partial charge in [0.15, 0.2) is 16.6 Å². The summed E-state index contributed by atoms with van der Waals surface area (Å²) in [6.07, 6.45) is 0. The van der Waals surface area contributed by atoms with Crippen LogP contribution >= 0.6 is 12.2 Å². The van der Waals surface area contributed by atoms with Gasteiger partial charge in [-0.1, -0.05) is 30.3 Å². The highest BCUT2D eigenvalue weighted by Gasteiger charge is 2.33. The maximum Gasteiger partial charge on any atom is 0.315 e. The number of benzene rings is 2. The predicted molar refractivity (Wildman–Crippen MR) is 120 cm³/mol. The van der Waals surface area contributed by atoms with Crippen LogP contribution in [0.4, 0.5) is 5.69 Å². The van der Waals surface area contributed by atoms with Crippen LogP contribution in [-0.2, 0) is 11.4 Å². The largest absolute Gasteiger partial charge is 0.493 e. The zero-order chi connectivity index (χ0) is 22.7. The molecule has 1 N–H and O–H groups in total. The zero-order valence-corrected chi connectivity index (χ0v) is 18.5. The fourth-order valence-corrected chi connectivity index (χ4v) is 3.73. The number of methoxy groups -OCH3 is 1. The lowest BCUT2D eigenvalue weighted by atomic mass is 9.92. The third-order valence-corrected chi connectivity index (χ3v) is 5.56. The summed E-state index contributed by atoms with van der Waals surface area (Å²) in [5.41, 5.74) is 2.26. The van der Waals surface area contributed by atoms with E-state index in [2.05, 4.69) is 5.32 Å². The molecule has 1 aliphatic heterocycles. The Balaban J connectivity index is 2.08. The Hall–Kier alpha value is -3.46. The molecule has 0 aliphatic carbocycles. The van der Waals surface area contributed by atoms with Gasteiger partial charge in [0.05, 0.1) is 18.1 Å². The van der Waals surface area contributed by atoms with E-state index in [0.29, 0.717) is 21.9 Å². The molecule has 8 nitrogen and oxygen atoms in total. The Bertz CT molecular complexity index is 1070. The van der Waals surface area contributed by atoms with Crippen LogP contribution < -0.4 is 14.8 Å². The molecule has 0 bridgehead atoms. The summed E-state index contributed by atoms with van der Waals surface area (Å²) in [6.45, 7) is 3.39. The maximum atomic E-state index is 12.4. The Labute approximate surface area is 185 Å². The summed E-state index contributed by atoms with van der Waals surface area (Å²) in [5, 5.41) is 15.4. The minimum Gasteiger partial charge on any atom is -0.493 e. The molecule has 1 aliphatic rings. The summed E-state index contributed by atoms with van der Waals surface area (Å²) in [6, 6.07) is 11.7. The molecule has 0 fully saturated rings. The first-order valence-electron chi connectivity index (χ1n) is 9.53. The van der Waals surface area contributed by atoms with Crippen LogP contribution in [0, 0.1) is 10.1 Å². The Morgan fingerprint density at radius 2 is 1.97 bits per heavy atom. The van der Waals surface area contributed by atoms with E-state index in [-0.39, 0.29) is 29.6 Å². The van der Waals surface area contributed by atoms with Gasteiger partial charge < -0.3 is 19.7 Å². The summed E-state index contributed by atoms with van der Waals surface area (Å²) >= 11 is 5.37. The highest BCUT2D eigenvalue weighted by atomic mass is 32.1. The average molecular weight is 442 g/mol.